The quantitative estimate of drug-likeness (QED) is 0.139. The highest BCUT2D eigenvalue weighted by Crippen LogP contribution is 2.35. The van der Waals surface area contributed by atoms with Crippen molar-refractivity contribution in [2.75, 3.05) is 43.0 Å². The summed E-state index contributed by atoms with van der Waals surface area (Å²) in [6.45, 7) is 4.74. The summed E-state index contributed by atoms with van der Waals surface area (Å²) in [5.74, 6) is 0.260. The average molecular weight is 882 g/mol. The summed E-state index contributed by atoms with van der Waals surface area (Å²) in [6, 6.07) is 24.2. The predicted octanol–water partition coefficient (Wildman–Crippen LogP) is 6.55. The van der Waals surface area contributed by atoms with Crippen molar-refractivity contribution in [1.82, 2.24) is 29.7 Å². The van der Waals surface area contributed by atoms with Crippen molar-refractivity contribution in [2.45, 2.75) is 43.1 Å². The summed E-state index contributed by atoms with van der Waals surface area (Å²) in [5, 5.41) is 6.44. The van der Waals surface area contributed by atoms with Crippen LogP contribution in [0.3, 0.4) is 0 Å². The van der Waals surface area contributed by atoms with Gasteiger partial charge in [-0.25, -0.2) is 26.8 Å². The predicted molar refractivity (Wildman–Crippen MR) is 236 cm³/mol. The lowest BCUT2D eigenvalue weighted by molar-refractivity contribution is 0.0809. The Morgan fingerprint density at radius 1 is 0.639 bits per heavy atom. The number of amides is 2. The normalized spacial score (nSPS) is 13.1. The van der Waals surface area contributed by atoms with E-state index in [1.165, 1.54) is 17.0 Å². The number of nitrogen functional groups attached to an aromatic ring is 1. The largest absolute Gasteiger partial charge is 0.384 e. The van der Waals surface area contributed by atoms with E-state index in [1.54, 1.807) is 79.8 Å². The molecule has 0 saturated carbocycles. The van der Waals surface area contributed by atoms with E-state index >= 15 is 0 Å². The van der Waals surface area contributed by atoms with Gasteiger partial charge in [-0.3, -0.25) is 19.6 Å². The van der Waals surface area contributed by atoms with Crippen LogP contribution in [0.5, 0.6) is 0 Å². The molecule has 0 radical (unpaired) electrons. The minimum Gasteiger partial charge on any atom is -0.384 e. The average Bonchev–Trinajstić information content (AvgIpc) is 3.65. The maximum Gasteiger partial charge on any atom is 0.257 e. The van der Waals surface area contributed by atoms with Crippen LogP contribution < -0.4 is 16.4 Å². The van der Waals surface area contributed by atoms with Gasteiger partial charge < -0.3 is 26.2 Å². The molecule has 2 amide bonds. The van der Waals surface area contributed by atoms with Crippen molar-refractivity contribution in [3.8, 4) is 0 Å². The van der Waals surface area contributed by atoms with Crippen LogP contribution in [0.2, 0.25) is 5.15 Å². The van der Waals surface area contributed by atoms with Gasteiger partial charge >= 0.3 is 0 Å². The van der Waals surface area contributed by atoms with Crippen LogP contribution in [-0.2, 0) is 39.2 Å². The Kier molecular flexibility index (Phi) is 13.1. The molecule has 6 heterocycles. The van der Waals surface area contributed by atoms with Crippen molar-refractivity contribution in [3.05, 3.63) is 148 Å². The molecule has 0 unspecified atom stereocenters. The number of halogens is 1. The van der Waals surface area contributed by atoms with Gasteiger partial charge in [-0.2, -0.15) is 0 Å². The van der Waals surface area contributed by atoms with Crippen molar-refractivity contribution in [1.29, 1.82) is 0 Å². The molecule has 0 bridgehead atoms. The molecular weight excluding hydrogens is 838 g/mol. The second-order valence-electron chi connectivity index (χ2n) is 14.7. The molecule has 0 aliphatic carbocycles. The third kappa shape index (κ3) is 10.7. The van der Waals surface area contributed by atoms with Crippen molar-refractivity contribution in [2.24, 2.45) is 0 Å². The zero-order valence-electron chi connectivity index (χ0n) is 34.3. The molecule has 2 aliphatic rings. The molecule has 0 saturated heterocycles. The maximum absolute atomic E-state index is 12.7. The molecule has 0 atom stereocenters. The number of nitrogens with two attached hydrogens (primary N) is 1. The first-order chi connectivity index (χ1) is 28.8. The van der Waals surface area contributed by atoms with Gasteiger partial charge in [0.25, 0.3) is 11.8 Å². The van der Waals surface area contributed by atoms with E-state index in [2.05, 4.69) is 30.6 Å². The van der Waals surface area contributed by atoms with Crippen LogP contribution in [0.25, 0.3) is 0 Å². The SMILES string of the molecule is CN1Cc2nc(Cl)cc(Nc3ccccc3S(C)(=O)=O)c2C1=O.Cc1ccc(Cc2cc(Nc3ccccc3S(C)(=O)=O)c3c(n2)CN(C)C3=O)nc1.Cc1ccc(N)nc1. The fourth-order valence-electron chi connectivity index (χ4n) is 6.53. The monoisotopic (exact) mass is 881 g/mol. The number of aryl methyl sites for hydroxylation is 2. The Balaban J connectivity index is 0.000000177. The molecule has 4 N–H and O–H groups in total. The van der Waals surface area contributed by atoms with Crippen molar-refractivity contribution < 1.29 is 26.4 Å². The topological polar surface area (TPSA) is 211 Å². The second kappa shape index (κ2) is 18.0. The van der Waals surface area contributed by atoms with Gasteiger partial charge in [-0.05, 0) is 73.5 Å². The van der Waals surface area contributed by atoms with E-state index in [0.717, 1.165) is 35.0 Å². The number of carbonyl (C=O) groups is 2. The number of sulfone groups is 2. The van der Waals surface area contributed by atoms with Gasteiger partial charge in [-0.1, -0.05) is 48.0 Å². The summed E-state index contributed by atoms with van der Waals surface area (Å²) >= 11 is 6.02. The molecule has 6 aromatic rings. The Labute approximate surface area is 359 Å². The minimum atomic E-state index is -3.44. The highest BCUT2D eigenvalue weighted by Gasteiger charge is 2.31. The molecule has 8 rings (SSSR count). The lowest BCUT2D eigenvalue weighted by Gasteiger charge is -2.15. The summed E-state index contributed by atoms with van der Waals surface area (Å²) < 4.78 is 48.2. The number of nitrogens with zero attached hydrogens (tertiary/aromatic N) is 6. The van der Waals surface area contributed by atoms with Gasteiger partial charge in [0.1, 0.15) is 11.0 Å². The number of pyridine rings is 4. The first kappa shape index (κ1) is 44.1. The Hall–Kier alpha value is -6.43. The maximum atomic E-state index is 12.7. The van der Waals surface area contributed by atoms with Gasteiger partial charge in [0.15, 0.2) is 19.7 Å². The van der Waals surface area contributed by atoms with Crippen LogP contribution >= 0.6 is 11.6 Å². The lowest BCUT2D eigenvalue weighted by Crippen LogP contribution is -2.18. The number of nitrogens with one attached hydrogen (secondary N) is 2. The number of aromatic nitrogens is 4. The third-order valence-electron chi connectivity index (χ3n) is 9.49. The smallest absolute Gasteiger partial charge is 0.257 e. The van der Waals surface area contributed by atoms with E-state index in [1.807, 2.05) is 38.2 Å². The van der Waals surface area contributed by atoms with E-state index < -0.39 is 19.7 Å². The molecule has 0 fully saturated rings. The number of benzene rings is 2. The molecular formula is C43H44ClN9O6S2. The number of carbonyl (C=O) groups excluding carboxylic acids is 2. The highest BCUT2D eigenvalue weighted by atomic mass is 35.5. The molecule has 18 heteroatoms. The standard InChI is InChI=1S/C22H22N4O3S.C15H14ClN3O3S.C6H8N2/c1-14-8-9-15(23-12-14)10-16-11-18(21-19(24-16)13-26(2)22(21)27)25-17-6-4-5-7-20(17)30(3,28)29;1-19-8-11-14(15(19)20)10(7-13(16)18-11)17-9-5-3-4-6-12(9)23(2,21)22;1-5-2-3-6(7)8-4-5/h4-9,11-12H,10,13H2,1-3H3,(H,24,25);3-7H,8H2,1-2H3,(H,17,18);2-4H,1H3,(H2,7,8). The minimum absolute atomic E-state index is 0.142. The van der Waals surface area contributed by atoms with Crippen LogP contribution in [-0.4, -0.2) is 85.0 Å². The third-order valence-corrected chi connectivity index (χ3v) is 12.0. The van der Waals surface area contributed by atoms with Crippen LogP contribution in [0, 0.1) is 13.8 Å². The molecule has 2 aromatic carbocycles. The molecule has 61 heavy (non-hydrogen) atoms. The van der Waals surface area contributed by atoms with Crippen molar-refractivity contribution in [3.63, 3.8) is 0 Å². The molecule has 316 valence electrons. The number of fused-ring (bicyclic) bond motifs is 2. The van der Waals surface area contributed by atoms with Gasteiger partial charge in [0.05, 0.1) is 68.1 Å². The zero-order valence-corrected chi connectivity index (χ0v) is 36.7. The fourth-order valence-corrected chi connectivity index (χ4v) is 8.43. The summed E-state index contributed by atoms with van der Waals surface area (Å²) in [5.41, 5.74) is 13.1. The summed E-state index contributed by atoms with van der Waals surface area (Å²) in [7, 11) is -3.45. The molecule has 2 aliphatic heterocycles. The van der Waals surface area contributed by atoms with E-state index in [4.69, 9.17) is 17.3 Å². The molecule has 4 aromatic heterocycles. The number of anilines is 5. The first-order valence-electron chi connectivity index (χ1n) is 18.7. The lowest BCUT2D eigenvalue weighted by atomic mass is 10.1. The van der Waals surface area contributed by atoms with E-state index in [-0.39, 0.29) is 26.8 Å². The van der Waals surface area contributed by atoms with Crippen LogP contribution in [0.1, 0.15) is 54.6 Å². The Morgan fingerprint density at radius 3 is 1.57 bits per heavy atom. The van der Waals surface area contributed by atoms with Gasteiger partial charge in [0.2, 0.25) is 0 Å². The first-order valence-corrected chi connectivity index (χ1v) is 22.9. The molecule has 0 spiro atoms. The number of para-hydroxylation sites is 2. The van der Waals surface area contributed by atoms with E-state index in [9.17, 15) is 26.4 Å². The highest BCUT2D eigenvalue weighted by molar-refractivity contribution is 7.91. The van der Waals surface area contributed by atoms with Gasteiger partial charge in [-0.15, -0.1) is 0 Å². The Morgan fingerprint density at radius 2 is 1.11 bits per heavy atom. The second-order valence-corrected chi connectivity index (χ2v) is 19.0. The number of hydrogen-bond acceptors (Lipinski definition) is 13. The van der Waals surface area contributed by atoms with E-state index in [0.29, 0.717) is 70.6 Å². The molecule has 15 nitrogen and oxygen atoms in total. The number of rotatable bonds is 8. The van der Waals surface area contributed by atoms with Gasteiger partial charge in [0, 0.05) is 56.8 Å². The summed E-state index contributed by atoms with van der Waals surface area (Å²) in [4.78, 5) is 45.6. The summed E-state index contributed by atoms with van der Waals surface area (Å²) in [6.07, 6.45) is 6.36. The fraction of sp³-hybridized carbons (Fsp3) is 0.209. The van der Waals surface area contributed by atoms with Crippen LogP contribution in [0.4, 0.5) is 28.6 Å². The van der Waals surface area contributed by atoms with Crippen molar-refractivity contribution >= 4 is 71.7 Å². The zero-order chi connectivity index (χ0) is 44.2. The Bertz CT molecular complexity index is 2840. The number of hydrogen-bond donors (Lipinski definition) is 3. The van der Waals surface area contributed by atoms with Crippen LogP contribution in [0.15, 0.2) is 107 Å².